The molecule has 3 heterocycles. The zero-order valence-corrected chi connectivity index (χ0v) is 30.3. The first kappa shape index (κ1) is 31.9. The summed E-state index contributed by atoms with van der Waals surface area (Å²) in [5.74, 6) is 0.694. The van der Waals surface area contributed by atoms with Crippen LogP contribution in [0.15, 0.2) is 205 Å². The maximum Gasteiger partial charge on any atom is 0.160 e. The molecule has 262 valence electrons. The second kappa shape index (κ2) is 13.1. The van der Waals surface area contributed by atoms with Crippen molar-refractivity contribution in [2.75, 3.05) is 0 Å². The average molecular weight is 716 g/mol. The third-order valence-corrected chi connectivity index (χ3v) is 10.8. The van der Waals surface area contributed by atoms with Crippen molar-refractivity contribution in [2.24, 2.45) is 0 Å². The lowest BCUT2D eigenvalue weighted by atomic mass is 9.98. The summed E-state index contributed by atoms with van der Waals surface area (Å²) in [7, 11) is 0. The van der Waals surface area contributed by atoms with Crippen LogP contribution in [-0.4, -0.2) is 14.5 Å². The van der Waals surface area contributed by atoms with E-state index < -0.39 is 0 Å². The van der Waals surface area contributed by atoms with E-state index in [1.807, 2.05) is 30.3 Å². The Hall–Kier alpha value is -7.56. The normalized spacial score (nSPS) is 11.6. The Kier molecular flexibility index (Phi) is 7.46. The van der Waals surface area contributed by atoms with Gasteiger partial charge in [0.1, 0.15) is 11.2 Å². The Morgan fingerprint density at radius 1 is 0.321 bits per heavy atom. The molecule has 11 rings (SSSR count). The predicted octanol–water partition coefficient (Wildman–Crippen LogP) is 13.8. The van der Waals surface area contributed by atoms with Gasteiger partial charge in [-0.2, -0.15) is 0 Å². The fourth-order valence-electron chi connectivity index (χ4n) is 8.06. The molecule has 0 fully saturated rings. The third-order valence-electron chi connectivity index (χ3n) is 10.8. The average Bonchev–Trinajstić information content (AvgIpc) is 3.82. The van der Waals surface area contributed by atoms with Gasteiger partial charge in [0.05, 0.1) is 22.4 Å². The lowest BCUT2D eigenvalue weighted by molar-refractivity contribution is 0.669. The molecular formula is C52H33N3O. The zero-order valence-electron chi connectivity index (χ0n) is 30.3. The predicted molar refractivity (Wildman–Crippen MR) is 231 cm³/mol. The molecule has 8 aromatic carbocycles. The minimum Gasteiger partial charge on any atom is -0.456 e. The molecule has 0 atom stereocenters. The van der Waals surface area contributed by atoms with Gasteiger partial charge in [-0.25, -0.2) is 9.97 Å². The van der Waals surface area contributed by atoms with Crippen LogP contribution in [0.4, 0.5) is 0 Å². The molecular weight excluding hydrogens is 683 g/mol. The molecule has 0 unspecified atom stereocenters. The largest absolute Gasteiger partial charge is 0.456 e. The van der Waals surface area contributed by atoms with Crippen molar-refractivity contribution in [1.82, 2.24) is 14.5 Å². The number of para-hydroxylation sites is 3. The summed E-state index contributed by atoms with van der Waals surface area (Å²) in [6.45, 7) is 0. The van der Waals surface area contributed by atoms with E-state index in [1.165, 1.54) is 21.8 Å². The van der Waals surface area contributed by atoms with Gasteiger partial charge in [0, 0.05) is 43.9 Å². The summed E-state index contributed by atoms with van der Waals surface area (Å²) in [5, 5.41) is 4.76. The van der Waals surface area contributed by atoms with Crippen LogP contribution in [0, 0.1) is 0 Å². The highest BCUT2D eigenvalue weighted by molar-refractivity contribution is 6.09. The summed E-state index contributed by atoms with van der Waals surface area (Å²) in [6.07, 6.45) is 0. The summed E-state index contributed by atoms with van der Waals surface area (Å²) in [5.41, 5.74) is 14.7. The maximum atomic E-state index is 6.11. The van der Waals surface area contributed by atoms with Crippen molar-refractivity contribution in [3.05, 3.63) is 200 Å². The molecule has 0 radical (unpaired) electrons. The Labute approximate surface area is 323 Å². The van der Waals surface area contributed by atoms with Gasteiger partial charge in [0.15, 0.2) is 5.82 Å². The Balaban J connectivity index is 0.943. The molecule has 4 nitrogen and oxygen atoms in total. The van der Waals surface area contributed by atoms with Gasteiger partial charge in [-0.1, -0.05) is 146 Å². The molecule has 4 heteroatoms. The van der Waals surface area contributed by atoms with Crippen LogP contribution in [-0.2, 0) is 0 Å². The quantitative estimate of drug-likeness (QED) is 0.172. The highest BCUT2D eigenvalue weighted by Crippen LogP contribution is 2.36. The van der Waals surface area contributed by atoms with Gasteiger partial charge in [-0.15, -0.1) is 0 Å². The molecule has 0 saturated heterocycles. The van der Waals surface area contributed by atoms with Crippen LogP contribution >= 0.6 is 0 Å². The van der Waals surface area contributed by atoms with Crippen LogP contribution in [0.5, 0.6) is 0 Å². The van der Waals surface area contributed by atoms with Crippen molar-refractivity contribution in [3.8, 4) is 61.8 Å². The van der Waals surface area contributed by atoms with E-state index in [4.69, 9.17) is 14.4 Å². The maximum absolute atomic E-state index is 6.11. The third kappa shape index (κ3) is 5.47. The van der Waals surface area contributed by atoms with E-state index in [0.717, 1.165) is 78.0 Å². The molecule has 0 aliphatic rings. The molecule has 56 heavy (non-hydrogen) atoms. The Morgan fingerprint density at radius 2 is 0.839 bits per heavy atom. The van der Waals surface area contributed by atoms with E-state index in [2.05, 4.69) is 174 Å². The standard InChI is InChI=1S/C52H33N3O/c1-2-11-37(12-3-1)52-53-46(33-47(54-52)40-14-10-13-38(31-40)39-27-30-51-45(32-39)44-17-6-9-20-50(44)56-51)36-23-21-34(22-24-36)35-25-28-41(29-26-35)55-48-18-7-4-15-42(48)43-16-5-8-19-49(43)55/h1-33H. The fourth-order valence-corrected chi connectivity index (χ4v) is 8.06. The number of rotatable bonds is 6. The van der Waals surface area contributed by atoms with Gasteiger partial charge in [-0.05, 0) is 76.9 Å². The second-order valence-corrected chi connectivity index (χ2v) is 14.2. The number of aromatic nitrogens is 3. The van der Waals surface area contributed by atoms with Crippen molar-refractivity contribution >= 4 is 43.7 Å². The van der Waals surface area contributed by atoms with E-state index in [0.29, 0.717) is 5.82 Å². The topological polar surface area (TPSA) is 43.9 Å². The highest BCUT2D eigenvalue weighted by atomic mass is 16.3. The number of fused-ring (bicyclic) bond motifs is 6. The Morgan fingerprint density at radius 3 is 1.57 bits per heavy atom. The minimum absolute atomic E-state index is 0.694. The molecule has 0 aliphatic heterocycles. The van der Waals surface area contributed by atoms with E-state index in [-0.39, 0.29) is 0 Å². The number of benzene rings is 8. The van der Waals surface area contributed by atoms with Gasteiger partial charge in [0.2, 0.25) is 0 Å². The summed E-state index contributed by atoms with van der Waals surface area (Å²) >= 11 is 0. The van der Waals surface area contributed by atoms with Gasteiger partial charge in [0.25, 0.3) is 0 Å². The number of furan rings is 1. The van der Waals surface area contributed by atoms with E-state index in [1.54, 1.807) is 0 Å². The lowest BCUT2D eigenvalue weighted by Crippen LogP contribution is -1.96. The Bertz CT molecular complexity index is 3180. The number of nitrogens with zero attached hydrogens (tertiary/aromatic N) is 3. The minimum atomic E-state index is 0.694. The van der Waals surface area contributed by atoms with Crippen molar-refractivity contribution < 1.29 is 4.42 Å². The van der Waals surface area contributed by atoms with Crippen LogP contribution in [0.2, 0.25) is 0 Å². The summed E-state index contributed by atoms with van der Waals surface area (Å²) in [4.78, 5) is 10.2. The molecule has 0 spiro atoms. The first-order valence-corrected chi connectivity index (χ1v) is 18.9. The first-order valence-electron chi connectivity index (χ1n) is 18.9. The molecule has 0 bridgehead atoms. The van der Waals surface area contributed by atoms with Crippen molar-refractivity contribution in [3.63, 3.8) is 0 Å². The van der Waals surface area contributed by atoms with E-state index in [9.17, 15) is 0 Å². The van der Waals surface area contributed by atoms with Crippen LogP contribution < -0.4 is 0 Å². The van der Waals surface area contributed by atoms with Gasteiger partial charge < -0.3 is 8.98 Å². The highest BCUT2D eigenvalue weighted by Gasteiger charge is 2.15. The summed E-state index contributed by atoms with van der Waals surface area (Å²) < 4.78 is 8.46. The van der Waals surface area contributed by atoms with Crippen LogP contribution in [0.1, 0.15) is 0 Å². The van der Waals surface area contributed by atoms with Gasteiger partial charge >= 0.3 is 0 Å². The van der Waals surface area contributed by atoms with Crippen molar-refractivity contribution in [1.29, 1.82) is 0 Å². The van der Waals surface area contributed by atoms with Gasteiger partial charge in [-0.3, -0.25) is 0 Å². The lowest BCUT2D eigenvalue weighted by Gasteiger charge is -2.12. The van der Waals surface area contributed by atoms with Crippen molar-refractivity contribution in [2.45, 2.75) is 0 Å². The molecule has 0 N–H and O–H groups in total. The molecule has 0 amide bonds. The smallest absolute Gasteiger partial charge is 0.160 e. The second-order valence-electron chi connectivity index (χ2n) is 14.2. The molecule has 3 aromatic heterocycles. The van der Waals surface area contributed by atoms with Crippen LogP contribution in [0.3, 0.4) is 0 Å². The van der Waals surface area contributed by atoms with Crippen LogP contribution in [0.25, 0.3) is 106 Å². The molecule has 0 saturated carbocycles. The first-order chi connectivity index (χ1) is 27.7. The zero-order chi connectivity index (χ0) is 37.0. The monoisotopic (exact) mass is 715 g/mol. The molecule has 11 aromatic rings. The number of hydrogen-bond donors (Lipinski definition) is 0. The molecule has 0 aliphatic carbocycles. The van der Waals surface area contributed by atoms with E-state index >= 15 is 0 Å². The SMILES string of the molecule is c1ccc(-c2nc(-c3ccc(-c4ccc(-n5c6ccccc6c6ccccc65)cc4)cc3)cc(-c3cccc(-c4ccc5oc6ccccc6c5c4)c3)n2)cc1. The summed E-state index contributed by atoms with van der Waals surface area (Å²) in [6, 6.07) is 70.3. The number of hydrogen-bond acceptors (Lipinski definition) is 3. The fraction of sp³-hybridized carbons (Fsp3) is 0.